The Bertz CT molecular complexity index is 676. The number of aromatic amines is 1. The van der Waals surface area contributed by atoms with Gasteiger partial charge < -0.3 is 10.3 Å². The highest BCUT2D eigenvalue weighted by Gasteiger charge is 2.27. The van der Waals surface area contributed by atoms with Crippen molar-refractivity contribution in [2.45, 2.75) is 13.0 Å². The van der Waals surface area contributed by atoms with Gasteiger partial charge >= 0.3 is 0 Å². The Morgan fingerprint density at radius 1 is 1.32 bits per heavy atom. The number of fused-ring (bicyclic) bond motifs is 1. The number of hydrogen-bond donors (Lipinski definition) is 2. The second-order valence-corrected chi connectivity index (χ2v) is 7.49. The van der Waals surface area contributed by atoms with Crippen LogP contribution in [0.3, 0.4) is 0 Å². The van der Waals surface area contributed by atoms with Crippen LogP contribution in [0, 0.1) is 5.92 Å². The van der Waals surface area contributed by atoms with Gasteiger partial charge in [0.2, 0.25) is 0 Å². The van der Waals surface area contributed by atoms with Gasteiger partial charge in [0.15, 0.2) is 9.84 Å². The van der Waals surface area contributed by atoms with Crippen molar-refractivity contribution >= 4 is 20.7 Å². The number of hydrogen-bond acceptors (Lipinski definition) is 3. The Balaban J connectivity index is 1.58. The smallest absolute Gasteiger partial charge is 0.150 e. The molecular formula is C14H18N2O2S. The first-order valence-electron chi connectivity index (χ1n) is 6.60. The van der Waals surface area contributed by atoms with Gasteiger partial charge in [0, 0.05) is 23.6 Å². The lowest BCUT2D eigenvalue weighted by atomic mass is 10.1. The van der Waals surface area contributed by atoms with E-state index in [0.717, 1.165) is 25.0 Å². The van der Waals surface area contributed by atoms with Crippen LogP contribution in [-0.4, -0.2) is 31.5 Å². The predicted molar refractivity (Wildman–Crippen MR) is 76.8 cm³/mol. The molecule has 1 aliphatic heterocycles. The molecule has 0 saturated carbocycles. The Morgan fingerprint density at radius 3 is 2.95 bits per heavy atom. The van der Waals surface area contributed by atoms with Gasteiger partial charge in [-0.1, -0.05) is 18.2 Å². The third-order valence-corrected chi connectivity index (χ3v) is 5.59. The standard InChI is InChI=1S/C14H18N2O2S/c17-19(18)6-5-11(10-19)7-15-8-12-9-16-14-4-2-1-3-13(12)14/h1-4,9,11,15-16H,5-8,10H2. The molecule has 1 aliphatic rings. The highest BCUT2D eigenvalue weighted by atomic mass is 32.2. The number of aromatic nitrogens is 1. The zero-order valence-electron chi connectivity index (χ0n) is 10.7. The van der Waals surface area contributed by atoms with E-state index in [4.69, 9.17) is 0 Å². The number of para-hydroxylation sites is 1. The van der Waals surface area contributed by atoms with Crippen molar-refractivity contribution in [3.63, 3.8) is 0 Å². The Hall–Kier alpha value is -1.33. The number of H-pyrrole nitrogens is 1. The molecule has 1 aromatic carbocycles. The first-order chi connectivity index (χ1) is 9.14. The summed E-state index contributed by atoms with van der Waals surface area (Å²) < 4.78 is 22.7. The zero-order valence-corrected chi connectivity index (χ0v) is 11.5. The molecule has 5 heteroatoms. The van der Waals surface area contributed by atoms with Crippen LogP contribution in [0.25, 0.3) is 10.9 Å². The number of nitrogens with one attached hydrogen (secondary N) is 2. The molecule has 19 heavy (non-hydrogen) atoms. The molecule has 1 aromatic heterocycles. The van der Waals surface area contributed by atoms with E-state index >= 15 is 0 Å². The second kappa shape index (κ2) is 4.98. The third kappa shape index (κ3) is 2.82. The average molecular weight is 278 g/mol. The SMILES string of the molecule is O=S1(=O)CCC(CNCc2c[nH]c3ccccc23)C1. The lowest BCUT2D eigenvalue weighted by molar-refractivity contribution is 0.521. The molecule has 102 valence electrons. The van der Waals surface area contributed by atoms with E-state index in [9.17, 15) is 8.42 Å². The Kier molecular flexibility index (Phi) is 3.33. The maximum absolute atomic E-state index is 11.4. The van der Waals surface area contributed by atoms with Crippen LogP contribution in [-0.2, 0) is 16.4 Å². The molecule has 2 heterocycles. The van der Waals surface area contributed by atoms with Crippen molar-refractivity contribution in [3.8, 4) is 0 Å². The van der Waals surface area contributed by atoms with Crippen LogP contribution in [0.4, 0.5) is 0 Å². The lowest BCUT2D eigenvalue weighted by Gasteiger charge is -2.08. The van der Waals surface area contributed by atoms with E-state index in [2.05, 4.69) is 22.4 Å². The van der Waals surface area contributed by atoms with E-state index in [1.54, 1.807) is 0 Å². The third-order valence-electron chi connectivity index (χ3n) is 3.75. The molecule has 1 saturated heterocycles. The summed E-state index contributed by atoms with van der Waals surface area (Å²) >= 11 is 0. The zero-order chi connectivity index (χ0) is 13.3. The minimum absolute atomic E-state index is 0.273. The molecule has 0 bridgehead atoms. The monoisotopic (exact) mass is 278 g/mol. The van der Waals surface area contributed by atoms with Gasteiger partial charge in [-0.05, 0) is 30.5 Å². The minimum atomic E-state index is -2.76. The van der Waals surface area contributed by atoms with Crippen LogP contribution < -0.4 is 5.32 Å². The van der Waals surface area contributed by atoms with Crippen LogP contribution >= 0.6 is 0 Å². The average Bonchev–Trinajstić information content (AvgIpc) is 2.94. The maximum Gasteiger partial charge on any atom is 0.150 e. The summed E-state index contributed by atoms with van der Waals surface area (Å²) in [6.07, 6.45) is 2.81. The molecule has 3 rings (SSSR count). The van der Waals surface area contributed by atoms with Crippen molar-refractivity contribution in [1.29, 1.82) is 0 Å². The molecule has 4 nitrogen and oxygen atoms in total. The predicted octanol–water partition coefficient (Wildman–Crippen LogP) is 1.69. The lowest BCUT2D eigenvalue weighted by Crippen LogP contribution is -2.23. The highest BCUT2D eigenvalue weighted by molar-refractivity contribution is 7.91. The summed E-state index contributed by atoms with van der Waals surface area (Å²) in [5, 5.41) is 4.61. The quantitative estimate of drug-likeness (QED) is 0.894. The molecule has 2 aromatic rings. The van der Waals surface area contributed by atoms with Crippen molar-refractivity contribution in [2.24, 2.45) is 5.92 Å². The number of sulfone groups is 1. The molecule has 0 spiro atoms. The number of rotatable bonds is 4. The second-order valence-electron chi connectivity index (χ2n) is 5.26. The van der Waals surface area contributed by atoms with Gasteiger partial charge in [-0.3, -0.25) is 0 Å². The fourth-order valence-corrected chi connectivity index (χ4v) is 4.58. The fourth-order valence-electron chi connectivity index (χ4n) is 2.72. The van der Waals surface area contributed by atoms with Crippen molar-refractivity contribution in [1.82, 2.24) is 10.3 Å². The van der Waals surface area contributed by atoms with Gasteiger partial charge in [0.05, 0.1) is 11.5 Å². The highest BCUT2D eigenvalue weighted by Crippen LogP contribution is 2.19. The van der Waals surface area contributed by atoms with Gasteiger partial charge in [0.1, 0.15) is 0 Å². The summed E-state index contributed by atoms with van der Waals surface area (Å²) in [6.45, 7) is 1.55. The molecule has 0 radical (unpaired) electrons. The normalized spacial score (nSPS) is 22.0. The van der Waals surface area contributed by atoms with Gasteiger partial charge in [0.25, 0.3) is 0 Å². The first kappa shape index (κ1) is 12.7. The van der Waals surface area contributed by atoms with Crippen molar-refractivity contribution in [2.75, 3.05) is 18.1 Å². The first-order valence-corrected chi connectivity index (χ1v) is 8.42. The molecule has 1 atom stereocenters. The summed E-state index contributed by atoms with van der Waals surface area (Å²) in [6, 6.07) is 8.20. The molecule has 0 amide bonds. The molecule has 1 fully saturated rings. The Morgan fingerprint density at radius 2 is 2.16 bits per heavy atom. The summed E-state index contributed by atoms with van der Waals surface area (Å²) in [5.74, 6) is 0.968. The van der Waals surface area contributed by atoms with Gasteiger partial charge in [-0.25, -0.2) is 8.42 Å². The topological polar surface area (TPSA) is 62.0 Å². The minimum Gasteiger partial charge on any atom is -0.361 e. The molecule has 0 aliphatic carbocycles. The Labute approximate surface area is 113 Å². The van der Waals surface area contributed by atoms with Gasteiger partial charge in [-0.2, -0.15) is 0 Å². The van der Waals surface area contributed by atoms with Crippen LogP contribution in [0.1, 0.15) is 12.0 Å². The summed E-state index contributed by atoms with van der Waals surface area (Å²) in [7, 11) is -2.76. The number of benzene rings is 1. The van der Waals surface area contributed by atoms with Crippen LogP contribution in [0.15, 0.2) is 30.5 Å². The van der Waals surface area contributed by atoms with Crippen molar-refractivity contribution < 1.29 is 8.42 Å². The molecule has 2 N–H and O–H groups in total. The summed E-state index contributed by atoms with van der Waals surface area (Å²) in [5.41, 5.74) is 2.37. The van der Waals surface area contributed by atoms with Crippen LogP contribution in [0.2, 0.25) is 0 Å². The van der Waals surface area contributed by atoms with Crippen molar-refractivity contribution in [3.05, 3.63) is 36.0 Å². The molecule has 1 unspecified atom stereocenters. The summed E-state index contributed by atoms with van der Waals surface area (Å²) in [4.78, 5) is 3.24. The maximum atomic E-state index is 11.4. The van der Waals surface area contributed by atoms with E-state index in [1.165, 1.54) is 10.9 Å². The van der Waals surface area contributed by atoms with Crippen LogP contribution in [0.5, 0.6) is 0 Å². The van der Waals surface area contributed by atoms with Gasteiger partial charge in [-0.15, -0.1) is 0 Å². The van der Waals surface area contributed by atoms with E-state index < -0.39 is 9.84 Å². The largest absolute Gasteiger partial charge is 0.361 e. The molecular weight excluding hydrogens is 260 g/mol. The fraction of sp³-hybridized carbons (Fsp3) is 0.429. The van der Waals surface area contributed by atoms with E-state index in [0.29, 0.717) is 11.5 Å². The van der Waals surface area contributed by atoms with E-state index in [1.807, 2.05) is 18.3 Å². The van der Waals surface area contributed by atoms with E-state index in [-0.39, 0.29) is 5.92 Å².